The lowest BCUT2D eigenvalue weighted by molar-refractivity contribution is 0.134. The van der Waals surface area contributed by atoms with Crippen molar-refractivity contribution in [1.82, 2.24) is 5.32 Å². The molecule has 0 saturated heterocycles. The maximum absolute atomic E-state index is 5.51. The molecule has 0 spiro atoms. The molecular formula is C16H18BrNOS. The quantitative estimate of drug-likeness (QED) is 0.859. The summed E-state index contributed by atoms with van der Waals surface area (Å²) in [6, 6.07) is 11.5. The van der Waals surface area contributed by atoms with Gasteiger partial charge in [-0.3, -0.25) is 0 Å². The van der Waals surface area contributed by atoms with E-state index in [2.05, 4.69) is 58.5 Å². The molecule has 1 aliphatic heterocycles. The van der Waals surface area contributed by atoms with E-state index in [1.807, 2.05) is 11.3 Å². The van der Waals surface area contributed by atoms with E-state index in [-0.39, 0.29) is 0 Å². The van der Waals surface area contributed by atoms with Crippen LogP contribution in [0.5, 0.6) is 0 Å². The van der Waals surface area contributed by atoms with E-state index >= 15 is 0 Å². The summed E-state index contributed by atoms with van der Waals surface area (Å²) < 4.78 is 6.71. The van der Waals surface area contributed by atoms with Crippen molar-refractivity contribution in [3.63, 3.8) is 0 Å². The lowest BCUT2D eigenvalue weighted by Crippen LogP contribution is -2.22. The zero-order chi connectivity index (χ0) is 13.9. The van der Waals surface area contributed by atoms with Gasteiger partial charge in [-0.05, 0) is 51.3 Å². The third-order valence-electron chi connectivity index (χ3n) is 3.63. The fourth-order valence-corrected chi connectivity index (χ4v) is 4.15. The number of nitrogens with one attached hydrogen (secondary N) is 1. The second-order valence-corrected chi connectivity index (χ2v) is 7.59. The van der Waals surface area contributed by atoms with E-state index in [0.717, 1.165) is 26.2 Å². The molecule has 1 aromatic carbocycles. The number of benzene rings is 1. The van der Waals surface area contributed by atoms with Crippen molar-refractivity contribution in [2.75, 3.05) is 6.54 Å². The summed E-state index contributed by atoms with van der Waals surface area (Å²) in [5.41, 5.74) is 4.04. The Morgan fingerprint density at radius 3 is 2.85 bits per heavy atom. The van der Waals surface area contributed by atoms with Crippen molar-refractivity contribution >= 4 is 27.3 Å². The number of likely N-dealkylation sites (N-methyl/N-ethyl adjacent to an activating group) is 1. The van der Waals surface area contributed by atoms with Gasteiger partial charge in [0.15, 0.2) is 0 Å². The lowest BCUT2D eigenvalue weighted by atomic mass is 9.98. The van der Waals surface area contributed by atoms with Gasteiger partial charge >= 0.3 is 0 Å². The van der Waals surface area contributed by atoms with Crippen LogP contribution in [0, 0.1) is 0 Å². The van der Waals surface area contributed by atoms with Gasteiger partial charge in [0, 0.05) is 17.3 Å². The highest BCUT2D eigenvalue weighted by atomic mass is 79.9. The van der Waals surface area contributed by atoms with E-state index in [1.54, 1.807) is 0 Å². The molecule has 0 amide bonds. The van der Waals surface area contributed by atoms with Crippen LogP contribution < -0.4 is 5.32 Å². The van der Waals surface area contributed by atoms with Gasteiger partial charge in [0.25, 0.3) is 0 Å². The average molecular weight is 352 g/mol. The highest BCUT2D eigenvalue weighted by molar-refractivity contribution is 9.11. The molecule has 2 heterocycles. The topological polar surface area (TPSA) is 21.3 Å². The Labute approximate surface area is 132 Å². The molecule has 0 radical (unpaired) electrons. The van der Waals surface area contributed by atoms with Gasteiger partial charge in [-0.1, -0.05) is 25.1 Å². The molecule has 3 rings (SSSR count). The van der Waals surface area contributed by atoms with Crippen LogP contribution in [0.1, 0.15) is 34.5 Å². The number of hydrogen-bond acceptors (Lipinski definition) is 3. The Balaban J connectivity index is 1.82. The molecule has 0 fully saturated rings. The Morgan fingerprint density at radius 2 is 2.10 bits per heavy atom. The van der Waals surface area contributed by atoms with Crippen LogP contribution in [0.3, 0.4) is 0 Å². The van der Waals surface area contributed by atoms with E-state index < -0.39 is 0 Å². The summed E-state index contributed by atoms with van der Waals surface area (Å²) in [7, 11) is 0. The first-order chi connectivity index (χ1) is 9.76. The molecule has 1 aliphatic rings. The highest BCUT2D eigenvalue weighted by Crippen LogP contribution is 2.29. The highest BCUT2D eigenvalue weighted by Gasteiger charge is 2.17. The van der Waals surface area contributed by atoms with Crippen LogP contribution in [0.2, 0.25) is 0 Å². The smallest absolute Gasteiger partial charge is 0.0725 e. The Hall–Kier alpha value is -0.680. The van der Waals surface area contributed by atoms with Crippen LogP contribution in [0.4, 0.5) is 0 Å². The van der Waals surface area contributed by atoms with Crippen molar-refractivity contribution in [3.8, 4) is 0 Å². The monoisotopic (exact) mass is 351 g/mol. The second-order valence-electron chi connectivity index (χ2n) is 5.04. The zero-order valence-corrected chi connectivity index (χ0v) is 13.9. The summed E-state index contributed by atoms with van der Waals surface area (Å²) in [5.74, 6) is 0. The second kappa shape index (κ2) is 6.39. The van der Waals surface area contributed by atoms with Crippen LogP contribution in [0.15, 0.2) is 34.1 Å². The third-order valence-corrected chi connectivity index (χ3v) is 5.28. The first-order valence-electron chi connectivity index (χ1n) is 6.93. The summed E-state index contributed by atoms with van der Waals surface area (Å²) in [6.45, 7) is 4.66. The molecule has 20 heavy (non-hydrogen) atoms. The van der Waals surface area contributed by atoms with Crippen LogP contribution in [0.25, 0.3) is 0 Å². The number of halogens is 1. The number of ether oxygens (including phenoxy) is 1. The van der Waals surface area contributed by atoms with Crippen LogP contribution in [-0.4, -0.2) is 6.54 Å². The van der Waals surface area contributed by atoms with Gasteiger partial charge in [0.05, 0.1) is 17.0 Å². The predicted molar refractivity (Wildman–Crippen MR) is 87.1 cm³/mol. The summed E-state index contributed by atoms with van der Waals surface area (Å²) in [6.07, 6.45) is 1.03. The predicted octanol–water partition coefficient (Wildman–Crippen LogP) is 4.43. The maximum Gasteiger partial charge on any atom is 0.0725 e. The molecule has 1 atom stereocenters. The van der Waals surface area contributed by atoms with Crippen molar-refractivity contribution in [2.45, 2.75) is 32.6 Å². The summed E-state index contributed by atoms with van der Waals surface area (Å²) >= 11 is 5.35. The summed E-state index contributed by atoms with van der Waals surface area (Å²) in [5, 5.41) is 3.60. The molecular weight excluding hydrogens is 334 g/mol. The molecule has 0 aliphatic carbocycles. The molecule has 0 bridgehead atoms. The molecule has 2 aromatic rings. The fraction of sp³-hybridized carbons (Fsp3) is 0.375. The van der Waals surface area contributed by atoms with E-state index in [1.165, 1.54) is 25.4 Å². The largest absolute Gasteiger partial charge is 0.372 e. The molecule has 4 heteroatoms. The first-order valence-corrected chi connectivity index (χ1v) is 8.54. The van der Waals surface area contributed by atoms with Crippen molar-refractivity contribution in [1.29, 1.82) is 0 Å². The number of hydrogen-bond donors (Lipinski definition) is 1. The van der Waals surface area contributed by atoms with Gasteiger partial charge < -0.3 is 10.1 Å². The van der Waals surface area contributed by atoms with Crippen LogP contribution >= 0.6 is 27.3 Å². The van der Waals surface area contributed by atoms with E-state index in [4.69, 9.17) is 4.74 Å². The minimum atomic E-state index is 0.372. The SMILES string of the molecule is CCNC(Cc1ccc(Br)s1)c1ccc2c(c1)COC2. The number of thiophene rings is 1. The molecule has 0 saturated carbocycles. The van der Waals surface area contributed by atoms with E-state index in [0.29, 0.717) is 6.04 Å². The molecule has 1 unspecified atom stereocenters. The number of rotatable bonds is 5. The van der Waals surface area contributed by atoms with Crippen molar-refractivity contribution < 1.29 is 4.74 Å². The number of fused-ring (bicyclic) bond motifs is 1. The van der Waals surface area contributed by atoms with Gasteiger partial charge in [-0.2, -0.15) is 0 Å². The van der Waals surface area contributed by atoms with Gasteiger partial charge in [0.1, 0.15) is 0 Å². The van der Waals surface area contributed by atoms with Gasteiger partial charge in [-0.25, -0.2) is 0 Å². The minimum Gasteiger partial charge on any atom is -0.372 e. The minimum absolute atomic E-state index is 0.372. The van der Waals surface area contributed by atoms with Crippen LogP contribution in [-0.2, 0) is 24.4 Å². The molecule has 1 aromatic heterocycles. The summed E-state index contributed by atoms with van der Waals surface area (Å²) in [4.78, 5) is 1.40. The zero-order valence-electron chi connectivity index (χ0n) is 11.5. The third kappa shape index (κ3) is 3.14. The van der Waals surface area contributed by atoms with Gasteiger partial charge in [-0.15, -0.1) is 11.3 Å². The fourth-order valence-electron chi connectivity index (χ4n) is 2.63. The molecule has 2 nitrogen and oxygen atoms in total. The normalized spacial score (nSPS) is 15.3. The Bertz CT molecular complexity index is 596. The lowest BCUT2D eigenvalue weighted by Gasteiger charge is -2.18. The Kier molecular flexibility index (Phi) is 4.56. The molecule has 1 N–H and O–H groups in total. The van der Waals surface area contributed by atoms with Crippen molar-refractivity contribution in [3.05, 3.63) is 55.7 Å². The standard InChI is InChI=1S/C16H18BrNOS/c1-2-18-15(8-14-5-6-16(17)20-14)11-3-4-12-9-19-10-13(12)7-11/h3-7,15,18H,2,8-10H2,1H3. The Morgan fingerprint density at radius 1 is 1.25 bits per heavy atom. The maximum atomic E-state index is 5.51. The van der Waals surface area contributed by atoms with E-state index in [9.17, 15) is 0 Å². The first kappa shape index (κ1) is 14.3. The molecule has 106 valence electrons. The average Bonchev–Trinajstić information content (AvgIpc) is 3.06. The van der Waals surface area contributed by atoms with Gasteiger partial charge in [0.2, 0.25) is 0 Å². The van der Waals surface area contributed by atoms with Crippen molar-refractivity contribution in [2.24, 2.45) is 0 Å².